The average Bonchev–Trinajstić information content (AvgIpc) is 2.26. The summed E-state index contributed by atoms with van der Waals surface area (Å²) in [5, 5.41) is 8.79. The van der Waals surface area contributed by atoms with Crippen molar-refractivity contribution < 1.29 is 0 Å². The van der Waals surface area contributed by atoms with Gasteiger partial charge in [-0.25, -0.2) is 0 Å². The number of hydrogen-bond acceptors (Lipinski definition) is 3. The van der Waals surface area contributed by atoms with Gasteiger partial charge in [0.15, 0.2) is 0 Å². The van der Waals surface area contributed by atoms with Gasteiger partial charge in [-0.3, -0.25) is 4.90 Å². The summed E-state index contributed by atoms with van der Waals surface area (Å²) in [6.07, 6.45) is 2.57. The summed E-state index contributed by atoms with van der Waals surface area (Å²) >= 11 is 0. The molecule has 1 aliphatic heterocycles. The van der Waals surface area contributed by atoms with E-state index < -0.39 is 0 Å². The van der Waals surface area contributed by atoms with E-state index in [1.807, 2.05) is 6.92 Å². The van der Waals surface area contributed by atoms with Crippen molar-refractivity contribution in [3.05, 3.63) is 0 Å². The van der Waals surface area contributed by atoms with Crippen molar-refractivity contribution in [1.82, 2.24) is 9.80 Å². The molecule has 3 heteroatoms. The summed E-state index contributed by atoms with van der Waals surface area (Å²) < 4.78 is 0. The Labute approximate surface area is 87.3 Å². The fourth-order valence-corrected chi connectivity index (χ4v) is 1.84. The number of rotatable bonds is 4. The van der Waals surface area contributed by atoms with E-state index in [9.17, 15) is 0 Å². The van der Waals surface area contributed by atoms with Crippen LogP contribution < -0.4 is 0 Å². The molecule has 0 bridgehead atoms. The highest BCUT2D eigenvalue weighted by Gasteiger charge is 2.19. The van der Waals surface area contributed by atoms with E-state index in [2.05, 4.69) is 22.8 Å². The number of piperazine rings is 1. The first-order valence-corrected chi connectivity index (χ1v) is 5.64. The highest BCUT2D eigenvalue weighted by Crippen LogP contribution is 2.06. The van der Waals surface area contributed by atoms with E-state index >= 15 is 0 Å². The highest BCUT2D eigenvalue weighted by molar-refractivity contribution is 4.90. The molecular formula is C11H21N3. The Morgan fingerprint density at radius 3 is 2.43 bits per heavy atom. The molecule has 0 aliphatic carbocycles. The van der Waals surface area contributed by atoms with Crippen LogP contribution in [0.15, 0.2) is 0 Å². The highest BCUT2D eigenvalue weighted by atomic mass is 15.3. The molecule has 0 radical (unpaired) electrons. The van der Waals surface area contributed by atoms with Gasteiger partial charge in [-0.05, 0) is 19.9 Å². The van der Waals surface area contributed by atoms with Gasteiger partial charge < -0.3 is 4.90 Å². The van der Waals surface area contributed by atoms with Crippen LogP contribution >= 0.6 is 0 Å². The number of unbranched alkanes of at least 4 members (excludes halogenated alkanes) is 1. The Hall–Kier alpha value is -0.590. The summed E-state index contributed by atoms with van der Waals surface area (Å²) in [4.78, 5) is 4.77. The number of nitriles is 1. The lowest BCUT2D eigenvalue weighted by Gasteiger charge is -2.35. The van der Waals surface area contributed by atoms with Crippen molar-refractivity contribution in [3.63, 3.8) is 0 Å². The Morgan fingerprint density at radius 2 is 1.93 bits per heavy atom. The van der Waals surface area contributed by atoms with Gasteiger partial charge in [0.2, 0.25) is 0 Å². The minimum Gasteiger partial charge on any atom is -0.301 e. The summed E-state index contributed by atoms with van der Waals surface area (Å²) in [5.74, 6) is 0. The summed E-state index contributed by atoms with van der Waals surface area (Å²) in [5.41, 5.74) is 0. The van der Waals surface area contributed by atoms with Gasteiger partial charge in [0.1, 0.15) is 0 Å². The van der Waals surface area contributed by atoms with Crippen LogP contribution in [0.4, 0.5) is 0 Å². The molecule has 1 rings (SSSR count). The molecule has 3 nitrogen and oxygen atoms in total. The Kier molecular flexibility index (Phi) is 4.92. The number of nitrogens with zero attached hydrogens (tertiary/aromatic N) is 3. The molecule has 1 fully saturated rings. The van der Waals surface area contributed by atoms with Crippen molar-refractivity contribution >= 4 is 0 Å². The average molecular weight is 195 g/mol. The van der Waals surface area contributed by atoms with Gasteiger partial charge in [-0.2, -0.15) is 5.26 Å². The maximum atomic E-state index is 8.79. The first kappa shape index (κ1) is 11.5. The van der Waals surface area contributed by atoms with Gasteiger partial charge >= 0.3 is 0 Å². The minimum atomic E-state index is 0.0864. The molecule has 1 aliphatic rings. The minimum absolute atomic E-state index is 0.0864. The van der Waals surface area contributed by atoms with Crippen molar-refractivity contribution in [2.45, 2.75) is 32.7 Å². The summed E-state index contributed by atoms with van der Waals surface area (Å²) in [7, 11) is 0. The molecule has 80 valence electrons. The lowest BCUT2D eigenvalue weighted by molar-refractivity contribution is 0.118. The van der Waals surface area contributed by atoms with Crippen LogP contribution in [0, 0.1) is 11.3 Å². The zero-order valence-corrected chi connectivity index (χ0v) is 9.37. The van der Waals surface area contributed by atoms with Crippen LogP contribution in [0.1, 0.15) is 26.7 Å². The topological polar surface area (TPSA) is 30.3 Å². The van der Waals surface area contributed by atoms with Crippen LogP contribution in [0.3, 0.4) is 0 Å². The van der Waals surface area contributed by atoms with E-state index in [0.717, 1.165) is 26.2 Å². The molecule has 0 spiro atoms. The van der Waals surface area contributed by atoms with E-state index in [0.29, 0.717) is 0 Å². The normalized spacial score (nSPS) is 21.8. The van der Waals surface area contributed by atoms with Gasteiger partial charge in [-0.1, -0.05) is 13.3 Å². The third-order valence-corrected chi connectivity index (χ3v) is 2.97. The molecule has 0 N–H and O–H groups in total. The van der Waals surface area contributed by atoms with Crippen LogP contribution in [0.5, 0.6) is 0 Å². The Bertz CT molecular complexity index is 189. The largest absolute Gasteiger partial charge is 0.301 e. The second-order valence-corrected chi connectivity index (χ2v) is 4.04. The monoisotopic (exact) mass is 195 g/mol. The first-order chi connectivity index (χ1) is 6.77. The van der Waals surface area contributed by atoms with E-state index in [1.165, 1.54) is 19.4 Å². The molecule has 0 aromatic heterocycles. The molecule has 14 heavy (non-hydrogen) atoms. The molecule has 1 atom stereocenters. The second-order valence-electron chi connectivity index (χ2n) is 4.04. The lowest BCUT2D eigenvalue weighted by atomic mass is 10.2. The van der Waals surface area contributed by atoms with Gasteiger partial charge in [0.25, 0.3) is 0 Å². The molecule has 1 heterocycles. The molecule has 0 saturated carbocycles. The summed E-state index contributed by atoms with van der Waals surface area (Å²) in [6.45, 7) is 9.82. The van der Waals surface area contributed by atoms with Crippen molar-refractivity contribution in [2.75, 3.05) is 32.7 Å². The zero-order valence-electron chi connectivity index (χ0n) is 9.37. The van der Waals surface area contributed by atoms with Gasteiger partial charge in [-0.15, -0.1) is 0 Å². The summed E-state index contributed by atoms with van der Waals surface area (Å²) in [6, 6.07) is 2.39. The van der Waals surface area contributed by atoms with E-state index in [4.69, 9.17) is 5.26 Å². The molecule has 0 amide bonds. The Morgan fingerprint density at radius 1 is 1.29 bits per heavy atom. The third kappa shape index (κ3) is 3.28. The SMILES string of the molecule is CCCCN1CCN(C(C)C#N)CC1. The van der Waals surface area contributed by atoms with Gasteiger partial charge in [0, 0.05) is 26.2 Å². The molecule has 0 aromatic carbocycles. The molecule has 0 aromatic rings. The zero-order chi connectivity index (χ0) is 10.4. The van der Waals surface area contributed by atoms with Crippen LogP contribution in [0.25, 0.3) is 0 Å². The molecular weight excluding hydrogens is 174 g/mol. The van der Waals surface area contributed by atoms with Crippen LogP contribution in [-0.2, 0) is 0 Å². The van der Waals surface area contributed by atoms with E-state index in [-0.39, 0.29) is 6.04 Å². The fraction of sp³-hybridized carbons (Fsp3) is 0.909. The van der Waals surface area contributed by atoms with Crippen LogP contribution in [0.2, 0.25) is 0 Å². The Balaban J connectivity index is 2.21. The van der Waals surface area contributed by atoms with Crippen molar-refractivity contribution in [1.29, 1.82) is 5.26 Å². The lowest BCUT2D eigenvalue weighted by Crippen LogP contribution is -2.49. The third-order valence-electron chi connectivity index (χ3n) is 2.97. The smallest absolute Gasteiger partial charge is 0.0950 e. The quantitative estimate of drug-likeness (QED) is 0.677. The maximum absolute atomic E-state index is 8.79. The second kappa shape index (κ2) is 6.00. The predicted octanol–water partition coefficient (Wildman–Crippen LogP) is 1.32. The first-order valence-electron chi connectivity index (χ1n) is 5.64. The molecule has 1 saturated heterocycles. The fourth-order valence-electron chi connectivity index (χ4n) is 1.84. The number of hydrogen-bond donors (Lipinski definition) is 0. The predicted molar refractivity (Wildman–Crippen MR) is 58.0 cm³/mol. The van der Waals surface area contributed by atoms with Crippen molar-refractivity contribution in [2.24, 2.45) is 0 Å². The van der Waals surface area contributed by atoms with Crippen molar-refractivity contribution in [3.8, 4) is 6.07 Å². The standard InChI is InChI=1S/C11H21N3/c1-3-4-5-13-6-8-14(9-7-13)11(2)10-12/h11H,3-9H2,1-2H3. The molecule has 1 unspecified atom stereocenters. The van der Waals surface area contributed by atoms with Crippen LogP contribution in [-0.4, -0.2) is 48.6 Å². The van der Waals surface area contributed by atoms with E-state index in [1.54, 1.807) is 0 Å². The van der Waals surface area contributed by atoms with Gasteiger partial charge in [0.05, 0.1) is 12.1 Å². The maximum Gasteiger partial charge on any atom is 0.0950 e.